The standard InChI is InChI=1S/C10H16N2O2S/c1-10(2,3)9-12-6(8(13)14-5)7(11-4)15-9/h11H,1-5H3. The molecular formula is C10H16N2O2S. The number of thiazole rings is 1. The molecule has 0 spiro atoms. The van der Waals surface area contributed by atoms with Crippen LogP contribution >= 0.6 is 11.3 Å². The van der Waals surface area contributed by atoms with Crippen molar-refractivity contribution < 1.29 is 9.53 Å². The van der Waals surface area contributed by atoms with Crippen molar-refractivity contribution >= 4 is 22.3 Å². The number of nitrogens with one attached hydrogen (secondary N) is 1. The van der Waals surface area contributed by atoms with Crippen LogP contribution in [0, 0.1) is 0 Å². The molecule has 0 saturated heterocycles. The molecule has 0 aromatic carbocycles. The molecule has 0 aliphatic rings. The van der Waals surface area contributed by atoms with Gasteiger partial charge in [-0.1, -0.05) is 20.8 Å². The van der Waals surface area contributed by atoms with Crippen molar-refractivity contribution in [2.24, 2.45) is 0 Å². The molecule has 0 unspecified atom stereocenters. The maximum absolute atomic E-state index is 11.4. The average molecular weight is 228 g/mol. The van der Waals surface area contributed by atoms with E-state index in [9.17, 15) is 4.79 Å². The summed E-state index contributed by atoms with van der Waals surface area (Å²) in [6.07, 6.45) is 0. The summed E-state index contributed by atoms with van der Waals surface area (Å²) < 4.78 is 4.67. The molecule has 1 aromatic heterocycles. The summed E-state index contributed by atoms with van der Waals surface area (Å²) in [5, 5.41) is 4.64. The second-order valence-electron chi connectivity index (χ2n) is 4.19. The third-order valence-corrected chi connectivity index (χ3v) is 3.37. The van der Waals surface area contributed by atoms with Crippen molar-refractivity contribution in [3.8, 4) is 0 Å². The van der Waals surface area contributed by atoms with E-state index in [4.69, 9.17) is 0 Å². The van der Waals surface area contributed by atoms with Gasteiger partial charge in [0, 0.05) is 12.5 Å². The van der Waals surface area contributed by atoms with Gasteiger partial charge in [0.15, 0.2) is 5.69 Å². The van der Waals surface area contributed by atoms with Crippen LogP contribution in [0.1, 0.15) is 36.3 Å². The highest BCUT2D eigenvalue weighted by atomic mass is 32.1. The van der Waals surface area contributed by atoms with Crippen molar-refractivity contribution in [2.45, 2.75) is 26.2 Å². The van der Waals surface area contributed by atoms with E-state index in [2.05, 4.69) is 35.8 Å². The Balaban J connectivity index is 3.17. The Hall–Kier alpha value is -1.10. The molecule has 0 aliphatic heterocycles. The second-order valence-corrected chi connectivity index (χ2v) is 5.19. The first-order valence-corrected chi connectivity index (χ1v) is 5.49. The number of aromatic nitrogens is 1. The van der Waals surface area contributed by atoms with Crippen molar-refractivity contribution in [3.05, 3.63) is 10.7 Å². The quantitative estimate of drug-likeness (QED) is 0.789. The van der Waals surface area contributed by atoms with Crippen LogP contribution in [0.15, 0.2) is 0 Å². The van der Waals surface area contributed by atoms with Gasteiger partial charge < -0.3 is 10.1 Å². The lowest BCUT2D eigenvalue weighted by molar-refractivity contribution is 0.0595. The summed E-state index contributed by atoms with van der Waals surface area (Å²) in [6.45, 7) is 6.19. The average Bonchev–Trinajstić information content (AvgIpc) is 2.59. The first-order chi connectivity index (χ1) is 6.90. The number of hydrogen-bond donors (Lipinski definition) is 1. The van der Waals surface area contributed by atoms with Crippen LogP contribution < -0.4 is 5.32 Å². The fourth-order valence-electron chi connectivity index (χ4n) is 1.05. The number of esters is 1. The molecule has 1 N–H and O–H groups in total. The van der Waals surface area contributed by atoms with Crippen LogP contribution in [-0.2, 0) is 10.2 Å². The molecule has 15 heavy (non-hydrogen) atoms. The van der Waals surface area contributed by atoms with E-state index in [1.54, 1.807) is 7.05 Å². The third kappa shape index (κ3) is 2.47. The fraction of sp³-hybridized carbons (Fsp3) is 0.600. The van der Waals surface area contributed by atoms with E-state index in [-0.39, 0.29) is 5.41 Å². The fourth-order valence-corrected chi connectivity index (χ4v) is 2.01. The molecule has 1 rings (SSSR count). The van der Waals surface area contributed by atoms with Gasteiger partial charge in [-0.05, 0) is 0 Å². The van der Waals surface area contributed by atoms with Gasteiger partial charge in [-0.25, -0.2) is 9.78 Å². The van der Waals surface area contributed by atoms with Crippen LogP contribution in [0.3, 0.4) is 0 Å². The number of carbonyl (C=O) groups excluding carboxylic acids is 1. The summed E-state index contributed by atoms with van der Waals surface area (Å²) in [4.78, 5) is 15.7. The normalized spacial score (nSPS) is 11.3. The van der Waals surface area contributed by atoms with Gasteiger partial charge >= 0.3 is 5.97 Å². The molecule has 0 radical (unpaired) electrons. The van der Waals surface area contributed by atoms with E-state index < -0.39 is 5.97 Å². The van der Waals surface area contributed by atoms with Crippen molar-refractivity contribution in [3.63, 3.8) is 0 Å². The zero-order valence-corrected chi connectivity index (χ0v) is 10.5. The van der Waals surface area contributed by atoms with Crippen LogP contribution in [0.25, 0.3) is 0 Å². The van der Waals surface area contributed by atoms with E-state index in [0.29, 0.717) is 5.69 Å². The lowest BCUT2D eigenvalue weighted by Gasteiger charge is -2.13. The molecule has 5 heteroatoms. The Morgan fingerprint density at radius 1 is 1.47 bits per heavy atom. The van der Waals surface area contributed by atoms with Gasteiger partial charge in [0.1, 0.15) is 10.0 Å². The Morgan fingerprint density at radius 2 is 2.07 bits per heavy atom. The molecule has 84 valence electrons. The van der Waals surface area contributed by atoms with Gasteiger partial charge in [0.05, 0.1) is 7.11 Å². The monoisotopic (exact) mass is 228 g/mol. The van der Waals surface area contributed by atoms with Gasteiger partial charge in [-0.2, -0.15) is 0 Å². The Morgan fingerprint density at radius 3 is 2.47 bits per heavy atom. The van der Waals surface area contributed by atoms with Gasteiger partial charge in [0.25, 0.3) is 0 Å². The predicted molar refractivity (Wildman–Crippen MR) is 61.7 cm³/mol. The third-order valence-electron chi connectivity index (χ3n) is 1.87. The molecule has 0 aliphatic carbocycles. The first kappa shape index (κ1) is 12.0. The van der Waals surface area contributed by atoms with E-state index >= 15 is 0 Å². The molecule has 1 heterocycles. The van der Waals surface area contributed by atoms with Crippen LogP contribution in [-0.4, -0.2) is 25.1 Å². The zero-order chi connectivity index (χ0) is 11.6. The number of nitrogens with zero attached hydrogens (tertiary/aromatic N) is 1. The van der Waals surface area contributed by atoms with Crippen molar-refractivity contribution in [2.75, 3.05) is 19.5 Å². The summed E-state index contributed by atoms with van der Waals surface area (Å²) in [7, 11) is 3.13. The molecule has 0 saturated carbocycles. The molecule has 0 atom stereocenters. The van der Waals surface area contributed by atoms with E-state index in [0.717, 1.165) is 10.0 Å². The maximum Gasteiger partial charge on any atom is 0.359 e. The number of ether oxygens (including phenoxy) is 1. The SMILES string of the molecule is CNc1sc(C(C)(C)C)nc1C(=O)OC. The van der Waals surface area contributed by atoms with Crippen molar-refractivity contribution in [1.29, 1.82) is 0 Å². The highest BCUT2D eigenvalue weighted by Gasteiger charge is 2.24. The van der Waals surface area contributed by atoms with Crippen LogP contribution in [0.2, 0.25) is 0 Å². The highest BCUT2D eigenvalue weighted by Crippen LogP contribution is 2.32. The van der Waals surface area contributed by atoms with Gasteiger partial charge in [0.2, 0.25) is 0 Å². The number of carbonyl (C=O) groups is 1. The minimum absolute atomic E-state index is 0.0530. The Kier molecular flexibility index (Phi) is 3.34. The molecule has 1 aromatic rings. The summed E-state index contributed by atoms with van der Waals surface area (Å²) >= 11 is 1.49. The molecule has 0 amide bonds. The molecule has 4 nitrogen and oxygen atoms in total. The Labute approximate surface area is 93.7 Å². The van der Waals surface area contributed by atoms with E-state index in [1.165, 1.54) is 18.4 Å². The lowest BCUT2D eigenvalue weighted by Crippen LogP contribution is -2.11. The number of anilines is 1. The largest absolute Gasteiger partial charge is 0.464 e. The zero-order valence-electron chi connectivity index (χ0n) is 9.67. The number of rotatable bonds is 2. The smallest absolute Gasteiger partial charge is 0.359 e. The second kappa shape index (κ2) is 4.18. The first-order valence-electron chi connectivity index (χ1n) is 4.67. The molecule has 0 bridgehead atoms. The topological polar surface area (TPSA) is 51.2 Å². The maximum atomic E-state index is 11.4. The summed E-state index contributed by atoms with van der Waals surface area (Å²) in [6, 6.07) is 0. The lowest BCUT2D eigenvalue weighted by atomic mass is 9.98. The molecular weight excluding hydrogens is 212 g/mol. The van der Waals surface area contributed by atoms with Crippen LogP contribution in [0.4, 0.5) is 5.00 Å². The van der Waals surface area contributed by atoms with Crippen molar-refractivity contribution in [1.82, 2.24) is 4.98 Å². The molecule has 0 fully saturated rings. The van der Waals surface area contributed by atoms with Gasteiger partial charge in [-0.15, -0.1) is 11.3 Å². The minimum atomic E-state index is -0.397. The Bertz CT molecular complexity index is 366. The van der Waals surface area contributed by atoms with E-state index in [1.807, 2.05) is 0 Å². The predicted octanol–water partition coefficient (Wildman–Crippen LogP) is 2.27. The summed E-state index contributed by atoms with van der Waals surface area (Å²) in [5.74, 6) is -0.397. The number of methoxy groups -OCH3 is 1. The van der Waals surface area contributed by atoms with Gasteiger partial charge in [-0.3, -0.25) is 0 Å². The minimum Gasteiger partial charge on any atom is -0.464 e. The number of hydrogen-bond acceptors (Lipinski definition) is 5. The highest BCUT2D eigenvalue weighted by molar-refractivity contribution is 7.16. The van der Waals surface area contributed by atoms with Crippen LogP contribution in [0.5, 0.6) is 0 Å². The summed E-state index contributed by atoms with van der Waals surface area (Å²) in [5.41, 5.74) is 0.317.